The summed E-state index contributed by atoms with van der Waals surface area (Å²) in [6.45, 7) is 9.33. The first kappa shape index (κ1) is 16.2. The van der Waals surface area contributed by atoms with Gasteiger partial charge in [-0.3, -0.25) is 0 Å². The van der Waals surface area contributed by atoms with Crippen molar-refractivity contribution in [3.63, 3.8) is 0 Å². The summed E-state index contributed by atoms with van der Waals surface area (Å²) in [4.78, 5) is 0. The Morgan fingerprint density at radius 2 is 1.53 bits per heavy atom. The van der Waals surface area contributed by atoms with E-state index in [0.29, 0.717) is 12.0 Å². The first-order chi connectivity index (χ1) is 8.49. The number of hydrogen-bond acceptors (Lipinski definition) is 1. The molecule has 1 aromatic carbocycles. The summed E-state index contributed by atoms with van der Waals surface area (Å²) in [6, 6.07) is 3.44. The minimum Gasteiger partial charge on any atom is -0.242 e. The lowest BCUT2D eigenvalue weighted by atomic mass is 9.96. The molecule has 108 valence electrons. The molecule has 0 aliphatic rings. The normalized spacial score (nSPS) is 14.5. The second-order valence-corrected chi connectivity index (χ2v) is 8.29. The Morgan fingerprint density at radius 3 is 1.95 bits per heavy atom. The zero-order valence-corrected chi connectivity index (χ0v) is 12.8. The van der Waals surface area contributed by atoms with E-state index in [9.17, 15) is 13.0 Å². The van der Waals surface area contributed by atoms with E-state index in [4.69, 9.17) is 0 Å². The zero-order chi connectivity index (χ0) is 14.8. The van der Waals surface area contributed by atoms with Gasteiger partial charge in [0.05, 0.1) is 15.7 Å². The van der Waals surface area contributed by atoms with Gasteiger partial charge in [0, 0.05) is 11.6 Å². The summed E-state index contributed by atoms with van der Waals surface area (Å²) in [5.41, 5.74) is 0.0270. The summed E-state index contributed by atoms with van der Waals surface area (Å²) in [5.74, 6) is -1.19. The molecular weight excluding hydrogens is 268 g/mol. The van der Waals surface area contributed by atoms with Crippen LogP contribution >= 0.6 is 0 Å². The van der Waals surface area contributed by atoms with Gasteiger partial charge in [-0.25, -0.2) is 17.7 Å². The largest absolute Gasteiger partial charge is 0.242 e. The number of nitrogens with one attached hydrogen (secondary N) is 1. The molecule has 1 aromatic rings. The van der Waals surface area contributed by atoms with Crippen molar-refractivity contribution >= 4 is 11.0 Å². The Morgan fingerprint density at radius 1 is 1.05 bits per heavy atom. The van der Waals surface area contributed by atoms with Crippen molar-refractivity contribution in [1.29, 1.82) is 0 Å². The molecule has 0 heterocycles. The van der Waals surface area contributed by atoms with Crippen LogP contribution in [0.4, 0.5) is 8.78 Å². The van der Waals surface area contributed by atoms with Crippen LogP contribution in [0.15, 0.2) is 18.2 Å². The van der Waals surface area contributed by atoms with E-state index in [1.807, 2.05) is 34.6 Å². The van der Waals surface area contributed by atoms with Crippen LogP contribution in [0.5, 0.6) is 0 Å². The van der Waals surface area contributed by atoms with Gasteiger partial charge < -0.3 is 0 Å². The molecule has 0 amide bonds. The second-order valence-electron chi connectivity index (χ2n) is 6.32. The molecule has 0 spiro atoms. The molecule has 1 N–H and O–H groups in total. The third-order valence-corrected chi connectivity index (χ3v) is 4.34. The number of rotatable bonds is 4. The third-order valence-electron chi connectivity index (χ3n) is 2.49. The van der Waals surface area contributed by atoms with Crippen LogP contribution in [0.25, 0.3) is 0 Å². The van der Waals surface area contributed by atoms with Crippen LogP contribution in [0.2, 0.25) is 0 Å². The highest BCUT2D eigenvalue weighted by Gasteiger charge is 2.27. The van der Waals surface area contributed by atoms with Gasteiger partial charge in [-0.05, 0) is 58.7 Å². The van der Waals surface area contributed by atoms with Gasteiger partial charge >= 0.3 is 0 Å². The minimum atomic E-state index is -1.23. The van der Waals surface area contributed by atoms with Crippen LogP contribution in [-0.2, 0) is 17.4 Å². The molecule has 0 bridgehead atoms. The molecule has 0 saturated carbocycles. The van der Waals surface area contributed by atoms with Gasteiger partial charge in [0.1, 0.15) is 11.6 Å². The predicted molar refractivity (Wildman–Crippen MR) is 75.2 cm³/mol. The summed E-state index contributed by atoms with van der Waals surface area (Å²) in [6.07, 6.45) is 0.392. The second kappa shape index (κ2) is 5.67. The molecule has 0 aliphatic carbocycles. The first-order valence-corrected chi connectivity index (χ1v) is 7.29. The van der Waals surface area contributed by atoms with E-state index in [0.717, 1.165) is 6.07 Å². The Hall–Kier alpha value is -0.810. The van der Waals surface area contributed by atoms with Crippen molar-refractivity contribution in [2.45, 2.75) is 51.3 Å². The maximum absolute atomic E-state index is 13.1. The summed E-state index contributed by atoms with van der Waals surface area (Å²) < 4.78 is 41.0. The number of benzene rings is 1. The molecule has 2 nitrogen and oxygen atoms in total. The summed E-state index contributed by atoms with van der Waals surface area (Å²) in [7, 11) is -1.23. The Balaban J connectivity index is 2.82. The Labute approximate surface area is 116 Å². The standard InChI is InChI=1S/C14H21F2NOS/c1-13(2,3)19(18)17-14(4,5)9-10-6-11(15)8-12(16)7-10/h6-8,17H,9H2,1-5H3. The molecule has 5 heteroatoms. The fourth-order valence-corrected chi connectivity index (χ4v) is 2.54. The first-order valence-electron chi connectivity index (χ1n) is 6.14. The van der Waals surface area contributed by atoms with Crippen LogP contribution in [-0.4, -0.2) is 14.5 Å². The highest BCUT2D eigenvalue weighted by Crippen LogP contribution is 2.18. The van der Waals surface area contributed by atoms with E-state index in [-0.39, 0.29) is 4.75 Å². The molecule has 1 atom stereocenters. The lowest BCUT2D eigenvalue weighted by molar-refractivity contribution is 0.458. The molecule has 0 radical (unpaired) electrons. The minimum absolute atomic E-state index is 0.384. The third kappa shape index (κ3) is 5.37. The monoisotopic (exact) mass is 289 g/mol. The topological polar surface area (TPSA) is 29.1 Å². The molecule has 0 aromatic heterocycles. The van der Waals surface area contributed by atoms with Crippen LogP contribution in [0, 0.1) is 11.6 Å². The van der Waals surface area contributed by atoms with Gasteiger partial charge in [0.2, 0.25) is 0 Å². The van der Waals surface area contributed by atoms with Crippen molar-refractivity contribution in [3.8, 4) is 0 Å². The molecule has 0 fully saturated rings. The average molecular weight is 289 g/mol. The van der Waals surface area contributed by atoms with Gasteiger partial charge in [0.25, 0.3) is 0 Å². The van der Waals surface area contributed by atoms with Gasteiger partial charge in [-0.1, -0.05) is 0 Å². The van der Waals surface area contributed by atoms with Crippen LogP contribution in [0.3, 0.4) is 0 Å². The van der Waals surface area contributed by atoms with E-state index in [2.05, 4.69) is 4.72 Å². The SMILES string of the molecule is CC(C)(Cc1cc(F)cc(F)c1)NS(=O)C(C)(C)C. The molecule has 0 aliphatic heterocycles. The van der Waals surface area contributed by atoms with Crippen molar-refractivity contribution in [2.24, 2.45) is 0 Å². The highest BCUT2D eigenvalue weighted by molar-refractivity contribution is 7.84. The van der Waals surface area contributed by atoms with Crippen LogP contribution in [0.1, 0.15) is 40.2 Å². The molecule has 1 rings (SSSR count). The van der Waals surface area contributed by atoms with E-state index >= 15 is 0 Å². The maximum Gasteiger partial charge on any atom is 0.126 e. The summed E-state index contributed by atoms with van der Waals surface area (Å²) in [5, 5.41) is 0. The van der Waals surface area contributed by atoms with Gasteiger partial charge in [-0.15, -0.1) is 0 Å². The van der Waals surface area contributed by atoms with Crippen molar-refractivity contribution < 1.29 is 13.0 Å². The number of halogens is 2. The number of hydrogen-bond donors (Lipinski definition) is 1. The molecular formula is C14H21F2NOS. The van der Waals surface area contributed by atoms with Gasteiger partial charge in [-0.2, -0.15) is 0 Å². The summed E-state index contributed by atoms with van der Waals surface area (Å²) >= 11 is 0. The van der Waals surface area contributed by atoms with Crippen molar-refractivity contribution in [2.75, 3.05) is 0 Å². The zero-order valence-electron chi connectivity index (χ0n) is 12.0. The van der Waals surface area contributed by atoms with Gasteiger partial charge in [0.15, 0.2) is 0 Å². The predicted octanol–water partition coefficient (Wildman–Crippen LogP) is 3.34. The molecule has 19 heavy (non-hydrogen) atoms. The van der Waals surface area contributed by atoms with E-state index in [1.165, 1.54) is 12.1 Å². The Kier molecular flexibility index (Phi) is 4.85. The fraction of sp³-hybridized carbons (Fsp3) is 0.571. The maximum atomic E-state index is 13.1. The smallest absolute Gasteiger partial charge is 0.126 e. The van der Waals surface area contributed by atoms with E-state index < -0.39 is 28.2 Å². The van der Waals surface area contributed by atoms with E-state index in [1.54, 1.807) is 0 Å². The average Bonchev–Trinajstić information content (AvgIpc) is 2.11. The highest BCUT2D eigenvalue weighted by atomic mass is 32.2. The lowest BCUT2D eigenvalue weighted by Gasteiger charge is -2.30. The molecule has 1 unspecified atom stereocenters. The van der Waals surface area contributed by atoms with Crippen LogP contribution < -0.4 is 4.72 Å². The molecule has 0 saturated heterocycles. The van der Waals surface area contributed by atoms with Crippen molar-refractivity contribution in [1.82, 2.24) is 4.72 Å². The van der Waals surface area contributed by atoms with Crippen molar-refractivity contribution in [3.05, 3.63) is 35.4 Å². The fourth-order valence-electron chi connectivity index (χ4n) is 1.66. The quantitative estimate of drug-likeness (QED) is 0.905. The lowest BCUT2D eigenvalue weighted by Crippen LogP contribution is -2.47. The Bertz CT molecular complexity index is 461.